The first-order valence-electron chi connectivity index (χ1n) is 7.24. The van der Waals surface area contributed by atoms with Gasteiger partial charge in [-0.05, 0) is 19.8 Å². The number of nitrogens with zero attached hydrogens (tertiary/aromatic N) is 1. The fourth-order valence-electron chi connectivity index (χ4n) is 2.15. The third-order valence-corrected chi connectivity index (χ3v) is 3.17. The smallest absolute Gasteiger partial charge is 0.324 e. The van der Waals surface area contributed by atoms with Gasteiger partial charge in [0.05, 0.1) is 13.2 Å². The molecule has 0 spiro atoms. The molecule has 0 aromatic rings. The van der Waals surface area contributed by atoms with Crippen molar-refractivity contribution in [3.8, 4) is 0 Å². The zero-order valence-corrected chi connectivity index (χ0v) is 12.6. The highest BCUT2D eigenvalue weighted by Crippen LogP contribution is 2.26. The van der Waals surface area contributed by atoms with E-state index in [0.717, 1.165) is 6.54 Å². The van der Waals surface area contributed by atoms with Crippen molar-refractivity contribution in [1.29, 1.82) is 0 Å². The van der Waals surface area contributed by atoms with E-state index in [0.29, 0.717) is 25.8 Å². The molecular weight excluding hydrogens is 244 g/mol. The van der Waals surface area contributed by atoms with Crippen molar-refractivity contribution in [2.24, 2.45) is 0 Å². The van der Waals surface area contributed by atoms with Crippen LogP contribution in [0.2, 0.25) is 0 Å². The fourth-order valence-corrected chi connectivity index (χ4v) is 2.15. The van der Waals surface area contributed by atoms with Crippen LogP contribution in [0.25, 0.3) is 0 Å². The number of esters is 1. The molecule has 1 fully saturated rings. The number of hydrogen-bond acceptors (Lipinski definition) is 5. The van der Waals surface area contributed by atoms with E-state index in [1.54, 1.807) is 7.11 Å². The van der Waals surface area contributed by atoms with Crippen LogP contribution in [0.1, 0.15) is 33.6 Å². The first-order valence-corrected chi connectivity index (χ1v) is 7.24. The van der Waals surface area contributed by atoms with Crippen LogP contribution < -0.4 is 5.32 Å². The molecule has 0 heterocycles. The summed E-state index contributed by atoms with van der Waals surface area (Å²) in [5.41, 5.74) is 0. The Hall–Kier alpha value is -0.650. The Labute approximate surface area is 116 Å². The number of carbonyl (C=O) groups is 1. The standard InChI is InChI=1S/C14H28N2O3/c1-5-19-14(17)13(15-11(2)3)10-16(8-9-18-4)12-6-7-12/h11-13,15H,5-10H2,1-4H3. The highest BCUT2D eigenvalue weighted by atomic mass is 16.5. The van der Waals surface area contributed by atoms with E-state index in [1.165, 1.54) is 12.8 Å². The van der Waals surface area contributed by atoms with E-state index in [4.69, 9.17) is 9.47 Å². The zero-order chi connectivity index (χ0) is 14.3. The second kappa shape index (κ2) is 8.51. The number of carbonyl (C=O) groups excluding carboxylic acids is 1. The normalized spacial score (nSPS) is 16.9. The van der Waals surface area contributed by atoms with Gasteiger partial charge >= 0.3 is 5.97 Å². The lowest BCUT2D eigenvalue weighted by Crippen LogP contribution is -2.50. The highest BCUT2D eigenvalue weighted by molar-refractivity contribution is 5.76. The number of nitrogens with one attached hydrogen (secondary N) is 1. The van der Waals surface area contributed by atoms with Crippen molar-refractivity contribution in [1.82, 2.24) is 10.2 Å². The van der Waals surface area contributed by atoms with Crippen LogP contribution in [-0.2, 0) is 14.3 Å². The van der Waals surface area contributed by atoms with Crippen molar-refractivity contribution in [2.45, 2.75) is 51.7 Å². The number of methoxy groups -OCH3 is 1. The minimum absolute atomic E-state index is 0.153. The van der Waals surface area contributed by atoms with E-state index < -0.39 is 0 Å². The van der Waals surface area contributed by atoms with Crippen LogP contribution in [0.4, 0.5) is 0 Å². The van der Waals surface area contributed by atoms with Crippen molar-refractivity contribution >= 4 is 5.97 Å². The summed E-state index contributed by atoms with van der Waals surface area (Å²) in [5.74, 6) is -0.153. The highest BCUT2D eigenvalue weighted by Gasteiger charge is 2.32. The molecule has 1 rings (SSSR count). The molecule has 1 aliphatic rings. The lowest BCUT2D eigenvalue weighted by atomic mass is 10.2. The monoisotopic (exact) mass is 272 g/mol. The summed E-state index contributed by atoms with van der Waals surface area (Å²) < 4.78 is 10.3. The van der Waals surface area contributed by atoms with Crippen LogP contribution in [0.15, 0.2) is 0 Å². The van der Waals surface area contributed by atoms with Crippen LogP contribution in [-0.4, -0.2) is 62.4 Å². The Morgan fingerprint density at radius 2 is 2.11 bits per heavy atom. The molecule has 0 aromatic carbocycles. The number of rotatable bonds is 10. The van der Waals surface area contributed by atoms with E-state index in [-0.39, 0.29) is 18.1 Å². The molecule has 0 saturated heterocycles. The van der Waals surface area contributed by atoms with Gasteiger partial charge in [0.2, 0.25) is 0 Å². The topological polar surface area (TPSA) is 50.8 Å². The van der Waals surface area contributed by atoms with Crippen molar-refractivity contribution in [3.63, 3.8) is 0 Å². The summed E-state index contributed by atoms with van der Waals surface area (Å²) in [6, 6.07) is 0.622. The van der Waals surface area contributed by atoms with Crippen LogP contribution in [0.5, 0.6) is 0 Å². The van der Waals surface area contributed by atoms with E-state index >= 15 is 0 Å². The number of ether oxygens (including phenoxy) is 2. The molecule has 112 valence electrons. The summed E-state index contributed by atoms with van der Waals surface area (Å²) in [7, 11) is 1.71. The Morgan fingerprint density at radius 1 is 1.42 bits per heavy atom. The lowest BCUT2D eigenvalue weighted by molar-refractivity contribution is -0.146. The molecule has 1 aliphatic carbocycles. The third-order valence-electron chi connectivity index (χ3n) is 3.17. The molecule has 1 N–H and O–H groups in total. The Kier molecular flexibility index (Phi) is 7.34. The summed E-state index contributed by atoms with van der Waals surface area (Å²) in [6.45, 7) is 8.63. The van der Waals surface area contributed by atoms with Gasteiger partial charge in [-0.1, -0.05) is 13.8 Å². The maximum atomic E-state index is 12.0. The van der Waals surface area contributed by atoms with Gasteiger partial charge in [-0.15, -0.1) is 0 Å². The van der Waals surface area contributed by atoms with Crippen molar-refractivity contribution in [2.75, 3.05) is 33.4 Å². The van der Waals surface area contributed by atoms with Gasteiger partial charge in [-0.2, -0.15) is 0 Å². The average Bonchev–Trinajstić information content (AvgIpc) is 3.17. The Bertz CT molecular complexity index is 267. The molecular formula is C14H28N2O3. The second-order valence-electron chi connectivity index (χ2n) is 5.34. The van der Waals surface area contributed by atoms with Crippen molar-refractivity contribution in [3.05, 3.63) is 0 Å². The average molecular weight is 272 g/mol. The summed E-state index contributed by atoms with van der Waals surface area (Å²) in [6.07, 6.45) is 2.45. The minimum atomic E-state index is -0.252. The summed E-state index contributed by atoms with van der Waals surface area (Å²) in [5, 5.41) is 3.30. The molecule has 0 aliphatic heterocycles. The minimum Gasteiger partial charge on any atom is -0.465 e. The predicted octanol–water partition coefficient (Wildman–Crippen LogP) is 1.03. The molecule has 1 unspecified atom stereocenters. The molecule has 0 radical (unpaired) electrons. The molecule has 0 bridgehead atoms. The van der Waals surface area contributed by atoms with Gasteiger partial charge in [-0.3, -0.25) is 9.69 Å². The summed E-state index contributed by atoms with van der Waals surface area (Å²) in [4.78, 5) is 14.3. The van der Waals surface area contributed by atoms with Crippen LogP contribution >= 0.6 is 0 Å². The van der Waals surface area contributed by atoms with Gasteiger partial charge in [0, 0.05) is 32.3 Å². The maximum Gasteiger partial charge on any atom is 0.324 e. The first kappa shape index (κ1) is 16.4. The van der Waals surface area contributed by atoms with E-state index in [2.05, 4.69) is 10.2 Å². The molecule has 0 amide bonds. The van der Waals surface area contributed by atoms with Crippen LogP contribution in [0, 0.1) is 0 Å². The van der Waals surface area contributed by atoms with Gasteiger partial charge in [0.25, 0.3) is 0 Å². The quantitative estimate of drug-likeness (QED) is 0.602. The lowest BCUT2D eigenvalue weighted by Gasteiger charge is -2.28. The Morgan fingerprint density at radius 3 is 2.58 bits per heavy atom. The Balaban J connectivity index is 2.54. The molecule has 5 heteroatoms. The largest absolute Gasteiger partial charge is 0.465 e. The molecule has 5 nitrogen and oxygen atoms in total. The second-order valence-corrected chi connectivity index (χ2v) is 5.34. The fraction of sp³-hybridized carbons (Fsp3) is 0.929. The summed E-state index contributed by atoms with van der Waals surface area (Å²) >= 11 is 0. The van der Waals surface area contributed by atoms with Gasteiger partial charge < -0.3 is 14.8 Å². The third kappa shape index (κ3) is 6.36. The van der Waals surface area contributed by atoms with E-state index in [9.17, 15) is 4.79 Å². The van der Waals surface area contributed by atoms with Gasteiger partial charge in [-0.25, -0.2) is 0 Å². The zero-order valence-electron chi connectivity index (χ0n) is 12.6. The molecule has 19 heavy (non-hydrogen) atoms. The van der Waals surface area contributed by atoms with Gasteiger partial charge in [0.15, 0.2) is 0 Å². The first-order chi connectivity index (χ1) is 9.08. The van der Waals surface area contributed by atoms with Crippen LogP contribution in [0.3, 0.4) is 0 Å². The van der Waals surface area contributed by atoms with Crippen molar-refractivity contribution < 1.29 is 14.3 Å². The SMILES string of the molecule is CCOC(=O)C(CN(CCOC)C1CC1)NC(C)C. The molecule has 1 atom stereocenters. The maximum absolute atomic E-state index is 12.0. The molecule has 1 saturated carbocycles. The van der Waals surface area contributed by atoms with E-state index in [1.807, 2.05) is 20.8 Å². The molecule has 0 aromatic heterocycles. The number of hydrogen-bond donors (Lipinski definition) is 1. The predicted molar refractivity (Wildman–Crippen MR) is 75.2 cm³/mol. The van der Waals surface area contributed by atoms with Gasteiger partial charge in [0.1, 0.15) is 6.04 Å².